The monoisotopic (exact) mass is 281 g/mol. The molecule has 1 aromatic rings. The molecule has 3 nitrogen and oxygen atoms in total. The normalized spacial score (nSPS) is 16.3. The molecular formula is C15H23NO2S. The molecule has 4 heteroatoms. The second-order valence-electron chi connectivity index (χ2n) is 4.78. The Morgan fingerprint density at radius 3 is 2.53 bits per heavy atom. The summed E-state index contributed by atoms with van der Waals surface area (Å²) in [6.45, 7) is 2.76. The Balaban J connectivity index is 1.55. The fraction of sp³-hybridized carbons (Fsp3) is 0.600. The first-order valence-corrected chi connectivity index (χ1v) is 8.09. The van der Waals surface area contributed by atoms with E-state index in [9.17, 15) is 0 Å². The molecular weight excluding hydrogens is 258 g/mol. The maximum Gasteiger partial charge on any atom is 0.119 e. The molecule has 0 spiro atoms. The minimum atomic E-state index is 0.716. The van der Waals surface area contributed by atoms with E-state index in [-0.39, 0.29) is 0 Å². The number of ether oxygens (including phenoxy) is 2. The summed E-state index contributed by atoms with van der Waals surface area (Å²) in [4.78, 5) is 0. The molecule has 106 valence electrons. The Morgan fingerprint density at radius 1 is 1.16 bits per heavy atom. The first-order chi connectivity index (χ1) is 9.38. The van der Waals surface area contributed by atoms with Gasteiger partial charge < -0.3 is 14.8 Å². The highest BCUT2D eigenvalue weighted by Gasteiger charge is 2.12. The number of nitrogens with one attached hydrogen (secondary N) is 1. The summed E-state index contributed by atoms with van der Waals surface area (Å²) in [7, 11) is 1.67. The van der Waals surface area contributed by atoms with Crippen LogP contribution in [0.2, 0.25) is 0 Å². The summed E-state index contributed by atoms with van der Waals surface area (Å²) in [6, 6.07) is 7.72. The van der Waals surface area contributed by atoms with Gasteiger partial charge in [0.15, 0.2) is 0 Å². The predicted octanol–water partition coefficient (Wildman–Crippen LogP) is 2.81. The van der Waals surface area contributed by atoms with Crippen LogP contribution in [0.1, 0.15) is 12.8 Å². The Morgan fingerprint density at radius 2 is 1.84 bits per heavy atom. The van der Waals surface area contributed by atoms with Gasteiger partial charge in [-0.1, -0.05) is 0 Å². The van der Waals surface area contributed by atoms with Crippen molar-refractivity contribution in [2.45, 2.75) is 12.8 Å². The fourth-order valence-corrected chi connectivity index (χ4v) is 3.37. The summed E-state index contributed by atoms with van der Waals surface area (Å²) in [5.41, 5.74) is 0. The molecule has 1 fully saturated rings. The lowest BCUT2D eigenvalue weighted by atomic mass is 10.0. The molecule has 0 unspecified atom stereocenters. The Bertz CT molecular complexity index is 350. The van der Waals surface area contributed by atoms with Gasteiger partial charge >= 0.3 is 0 Å². The zero-order valence-corrected chi connectivity index (χ0v) is 12.4. The lowest BCUT2D eigenvalue weighted by Gasteiger charge is -2.21. The molecule has 0 atom stereocenters. The molecule has 1 aromatic carbocycles. The van der Waals surface area contributed by atoms with Crippen LogP contribution < -0.4 is 14.8 Å². The van der Waals surface area contributed by atoms with Crippen LogP contribution in [0.25, 0.3) is 0 Å². The molecule has 1 aliphatic rings. The van der Waals surface area contributed by atoms with Gasteiger partial charge in [0.05, 0.1) is 7.11 Å². The fourth-order valence-electron chi connectivity index (χ4n) is 2.17. The van der Waals surface area contributed by atoms with E-state index in [0.29, 0.717) is 6.61 Å². The molecule has 1 N–H and O–H groups in total. The third kappa shape index (κ3) is 5.33. The minimum Gasteiger partial charge on any atom is -0.497 e. The van der Waals surface area contributed by atoms with Gasteiger partial charge in [0.25, 0.3) is 0 Å². The zero-order valence-electron chi connectivity index (χ0n) is 11.6. The maximum atomic E-state index is 5.67. The van der Waals surface area contributed by atoms with E-state index < -0.39 is 0 Å². The molecule has 2 rings (SSSR count). The summed E-state index contributed by atoms with van der Waals surface area (Å²) >= 11 is 2.08. The standard InChI is InChI=1S/C15H23NO2S/c1-17-14-2-4-15(5-3-14)18-9-8-16-12-13-6-10-19-11-7-13/h2-5,13,16H,6-12H2,1H3. The van der Waals surface area contributed by atoms with Crippen molar-refractivity contribution in [2.24, 2.45) is 5.92 Å². The highest BCUT2D eigenvalue weighted by atomic mass is 32.2. The number of hydrogen-bond donors (Lipinski definition) is 1. The SMILES string of the molecule is COc1ccc(OCCNCC2CCSCC2)cc1. The van der Waals surface area contributed by atoms with Crippen molar-refractivity contribution in [3.63, 3.8) is 0 Å². The third-order valence-corrected chi connectivity index (χ3v) is 4.43. The molecule has 0 radical (unpaired) electrons. The smallest absolute Gasteiger partial charge is 0.119 e. The first kappa shape index (κ1) is 14.5. The lowest BCUT2D eigenvalue weighted by Crippen LogP contribution is -2.29. The summed E-state index contributed by atoms with van der Waals surface area (Å²) in [6.07, 6.45) is 2.72. The highest BCUT2D eigenvalue weighted by molar-refractivity contribution is 7.99. The van der Waals surface area contributed by atoms with Crippen LogP contribution in [0.4, 0.5) is 0 Å². The number of hydrogen-bond acceptors (Lipinski definition) is 4. The number of thioether (sulfide) groups is 1. The van der Waals surface area contributed by atoms with Crippen molar-refractivity contribution >= 4 is 11.8 Å². The molecule has 0 amide bonds. The van der Waals surface area contributed by atoms with Crippen LogP contribution in [0, 0.1) is 5.92 Å². The Labute approximate surface area is 120 Å². The van der Waals surface area contributed by atoms with E-state index in [1.807, 2.05) is 24.3 Å². The van der Waals surface area contributed by atoms with Gasteiger partial charge in [-0.25, -0.2) is 0 Å². The molecule has 19 heavy (non-hydrogen) atoms. The number of rotatable bonds is 7. The topological polar surface area (TPSA) is 30.5 Å². The van der Waals surface area contributed by atoms with Gasteiger partial charge in [0.1, 0.15) is 18.1 Å². The average Bonchev–Trinajstić information content (AvgIpc) is 2.49. The quantitative estimate of drug-likeness (QED) is 0.779. The van der Waals surface area contributed by atoms with Gasteiger partial charge in [-0.15, -0.1) is 0 Å². The van der Waals surface area contributed by atoms with Crippen LogP contribution in [-0.2, 0) is 0 Å². The molecule has 0 bridgehead atoms. The van der Waals surface area contributed by atoms with Crippen molar-refractivity contribution < 1.29 is 9.47 Å². The van der Waals surface area contributed by atoms with Gasteiger partial charge in [-0.05, 0) is 61.1 Å². The Hall–Kier alpha value is -0.870. The van der Waals surface area contributed by atoms with Crippen molar-refractivity contribution in [3.8, 4) is 11.5 Å². The minimum absolute atomic E-state index is 0.716. The predicted molar refractivity (Wildman–Crippen MR) is 81.4 cm³/mol. The number of methoxy groups -OCH3 is 1. The van der Waals surface area contributed by atoms with Gasteiger partial charge in [0.2, 0.25) is 0 Å². The molecule has 0 aliphatic carbocycles. The van der Waals surface area contributed by atoms with E-state index in [2.05, 4.69) is 17.1 Å². The van der Waals surface area contributed by atoms with E-state index in [1.54, 1.807) is 7.11 Å². The van der Waals surface area contributed by atoms with Gasteiger partial charge in [0, 0.05) is 6.54 Å². The van der Waals surface area contributed by atoms with Crippen LogP contribution in [-0.4, -0.2) is 38.3 Å². The molecule has 0 saturated carbocycles. The first-order valence-electron chi connectivity index (χ1n) is 6.94. The summed E-state index contributed by atoms with van der Waals surface area (Å²) in [5.74, 6) is 5.28. The number of benzene rings is 1. The van der Waals surface area contributed by atoms with Crippen LogP contribution in [0.5, 0.6) is 11.5 Å². The third-order valence-electron chi connectivity index (χ3n) is 3.38. The van der Waals surface area contributed by atoms with Crippen LogP contribution in [0.3, 0.4) is 0 Å². The maximum absolute atomic E-state index is 5.67. The zero-order chi connectivity index (χ0) is 13.3. The van der Waals surface area contributed by atoms with E-state index in [1.165, 1.54) is 24.3 Å². The molecule has 1 saturated heterocycles. The largest absolute Gasteiger partial charge is 0.497 e. The molecule has 0 aromatic heterocycles. The Kier molecular flexibility index (Phi) is 6.37. The van der Waals surface area contributed by atoms with E-state index in [0.717, 1.165) is 30.5 Å². The van der Waals surface area contributed by atoms with Crippen molar-refractivity contribution in [2.75, 3.05) is 38.3 Å². The van der Waals surface area contributed by atoms with Crippen molar-refractivity contribution in [1.29, 1.82) is 0 Å². The highest BCUT2D eigenvalue weighted by Crippen LogP contribution is 2.21. The van der Waals surface area contributed by atoms with E-state index >= 15 is 0 Å². The summed E-state index contributed by atoms with van der Waals surface area (Å²) < 4.78 is 10.8. The van der Waals surface area contributed by atoms with Crippen molar-refractivity contribution in [1.82, 2.24) is 5.32 Å². The molecule has 1 aliphatic heterocycles. The van der Waals surface area contributed by atoms with Crippen LogP contribution in [0.15, 0.2) is 24.3 Å². The van der Waals surface area contributed by atoms with Crippen LogP contribution >= 0.6 is 11.8 Å². The van der Waals surface area contributed by atoms with Gasteiger partial charge in [-0.3, -0.25) is 0 Å². The second kappa shape index (κ2) is 8.33. The molecule has 1 heterocycles. The van der Waals surface area contributed by atoms with E-state index in [4.69, 9.17) is 9.47 Å². The summed E-state index contributed by atoms with van der Waals surface area (Å²) in [5, 5.41) is 3.49. The van der Waals surface area contributed by atoms with Gasteiger partial charge in [-0.2, -0.15) is 11.8 Å². The van der Waals surface area contributed by atoms with Crippen molar-refractivity contribution in [3.05, 3.63) is 24.3 Å². The second-order valence-corrected chi connectivity index (χ2v) is 6.01. The lowest BCUT2D eigenvalue weighted by molar-refractivity contribution is 0.306. The average molecular weight is 281 g/mol.